The third-order valence-electron chi connectivity index (χ3n) is 8.73. The molecule has 0 spiro atoms. The van der Waals surface area contributed by atoms with Crippen molar-refractivity contribution < 1.29 is 23.8 Å². The summed E-state index contributed by atoms with van der Waals surface area (Å²) in [6.45, 7) is 4.27. The molecule has 1 aliphatic heterocycles. The number of nitrogens with one attached hydrogen (secondary N) is 1. The van der Waals surface area contributed by atoms with Crippen LogP contribution in [0.5, 0.6) is 5.75 Å². The summed E-state index contributed by atoms with van der Waals surface area (Å²) in [5, 5.41) is 16.9. The fraction of sp³-hybridized carbons (Fsp3) is 0.237. The lowest BCUT2D eigenvalue weighted by molar-refractivity contribution is -0.118. The number of amides is 1. The molecule has 47 heavy (non-hydrogen) atoms. The molecule has 7 nitrogen and oxygen atoms in total. The SMILES string of the molecule is CC1(C)CC(=O)C2=C(C1)NC1=C(O)CCC=C1N(C(=O)c1csc(-c3ccccc3)n1)C2c1ccc(OCc2ccccc2)cc1F. The molecule has 3 aliphatic rings. The largest absolute Gasteiger partial charge is 0.510 e. The van der Waals surface area contributed by atoms with Gasteiger partial charge in [0.15, 0.2) is 5.78 Å². The van der Waals surface area contributed by atoms with Gasteiger partial charge in [-0.15, -0.1) is 11.3 Å². The number of benzene rings is 3. The zero-order valence-corrected chi connectivity index (χ0v) is 26.9. The third kappa shape index (κ3) is 5.99. The van der Waals surface area contributed by atoms with Gasteiger partial charge in [0, 0.05) is 46.7 Å². The van der Waals surface area contributed by atoms with E-state index in [9.17, 15) is 14.7 Å². The number of carbonyl (C=O) groups is 2. The van der Waals surface area contributed by atoms with Gasteiger partial charge in [0.1, 0.15) is 40.3 Å². The van der Waals surface area contributed by atoms with Crippen LogP contribution in [0.2, 0.25) is 0 Å². The first kappa shape index (κ1) is 30.6. The maximum Gasteiger partial charge on any atom is 0.278 e. The molecular weight excluding hydrogens is 614 g/mol. The van der Waals surface area contributed by atoms with Gasteiger partial charge in [-0.3, -0.25) is 14.5 Å². The highest BCUT2D eigenvalue weighted by atomic mass is 32.1. The van der Waals surface area contributed by atoms with Gasteiger partial charge in [-0.1, -0.05) is 80.6 Å². The second-order valence-electron chi connectivity index (χ2n) is 12.8. The highest BCUT2D eigenvalue weighted by Gasteiger charge is 2.46. The predicted molar refractivity (Wildman–Crippen MR) is 179 cm³/mol. The number of aliphatic hydroxyl groups excluding tert-OH is 1. The number of ketones is 1. The highest BCUT2D eigenvalue weighted by Crippen LogP contribution is 2.48. The van der Waals surface area contributed by atoms with Crippen molar-refractivity contribution in [3.8, 4) is 16.3 Å². The number of carbonyl (C=O) groups excluding carboxylic acids is 2. The van der Waals surface area contributed by atoms with Crippen LogP contribution in [0.1, 0.15) is 67.2 Å². The summed E-state index contributed by atoms with van der Waals surface area (Å²) in [6, 6.07) is 22.6. The molecule has 4 aromatic rings. The molecule has 9 heteroatoms. The monoisotopic (exact) mass is 647 g/mol. The molecule has 2 heterocycles. The Kier molecular flexibility index (Phi) is 8.01. The van der Waals surface area contributed by atoms with Gasteiger partial charge in [0.2, 0.25) is 0 Å². The molecule has 0 bridgehead atoms. The molecule has 0 radical (unpaired) electrons. The Bertz CT molecular complexity index is 1960. The molecule has 0 fully saturated rings. The summed E-state index contributed by atoms with van der Waals surface area (Å²) in [4.78, 5) is 35.0. The standard InChI is InChI=1S/C38H34FN3O4S/c1-38(2)19-28-33(32(44)20-38)35(26-17-16-25(18-27(26)39)46-21-23-10-5-3-6-11-23)42(30-14-9-15-31(43)34(30)40-28)37(45)29-22-47-36(41-29)24-12-7-4-8-13-24/h3-8,10-14,16-18,22,35,40,43H,9,15,19-21H2,1-2H3. The van der Waals surface area contributed by atoms with Crippen LogP contribution in [-0.2, 0) is 11.4 Å². The Morgan fingerprint density at radius 2 is 1.83 bits per heavy atom. The molecule has 1 unspecified atom stereocenters. The first-order valence-corrected chi connectivity index (χ1v) is 16.5. The van der Waals surface area contributed by atoms with E-state index in [-0.39, 0.29) is 41.2 Å². The Balaban J connectivity index is 1.36. The second-order valence-corrected chi connectivity index (χ2v) is 13.7. The van der Waals surface area contributed by atoms with E-state index in [1.165, 1.54) is 22.3 Å². The Morgan fingerprint density at radius 3 is 2.57 bits per heavy atom. The van der Waals surface area contributed by atoms with E-state index in [1.807, 2.05) is 80.6 Å². The van der Waals surface area contributed by atoms with Crippen molar-refractivity contribution in [3.63, 3.8) is 0 Å². The average Bonchev–Trinajstić information content (AvgIpc) is 3.50. The van der Waals surface area contributed by atoms with E-state index >= 15 is 4.39 Å². The van der Waals surface area contributed by atoms with Crippen molar-refractivity contribution in [1.82, 2.24) is 15.2 Å². The van der Waals surface area contributed by atoms with E-state index in [0.717, 1.165) is 11.1 Å². The Labute approximate surface area is 276 Å². The summed E-state index contributed by atoms with van der Waals surface area (Å²) in [7, 11) is 0. The van der Waals surface area contributed by atoms with Crippen molar-refractivity contribution in [2.75, 3.05) is 0 Å². The number of Topliss-reactive ketones (excluding diaryl/α,β-unsaturated/α-hetero) is 1. The van der Waals surface area contributed by atoms with Crippen LogP contribution in [-0.4, -0.2) is 26.7 Å². The first-order valence-electron chi connectivity index (χ1n) is 15.6. The smallest absolute Gasteiger partial charge is 0.278 e. The number of hydrogen-bond donors (Lipinski definition) is 2. The second kappa shape index (κ2) is 12.3. The van der Waals surface area contributed by atoms with E-state index in [0.29, 0.717) is 52.7 Å². The zero-order valence-electron chi connectivity index (χ0n) is 26.1. The average molecular weight is 648 g/mol. The molecule has 2 aliphatic carbocycles. The minimum absolute atomic E-state index is 0.0806. The van der Waals surface area contributed by atoms with E-state index in [2.05, 4.69) is 5.32 Å². The van der Waals surface area contributed by atoms with Crippen LogP contribution in [0.4, 0.5) is 4.39 Å². The molecule has 0 saturated carbocycles. The topological polar surface area (TPSA) is 91.8 Å². The van der Waals surface area contributed by atoms with Gasteiger partial charge in [-0.05, 0) is 36.0 Å². The maximum atomic E-state index is 16.4. The molecule has 1 amide bonds. The molecular formula is C38H34FN3O4S. The number of ether oxygens (including phenoxy) is 1. The maximum absolute atomic E-state index is 16.4. The fourth-order valence-electron chi connectivity index (χ4n) is 6.55. The number of aromatic nitrogens is 1. The molecule has 238 valence electrons. The van der Waals surface area contributed by atoms with Crippen molar-refractivity contribution in [3.05, 3.63) is 141 Å². The number of allylic oxidation sites excluding steroid dienone is 3. The zero-order chi connectivity index (χ0) is 32.7. The quantitative estimate of drug-likeness (QED) is 0.218. The number of hydrogen-bond acceptors (Lipinski definition) is 7. The number of rotatable bonds is 6. The summed E-state index contributed by atoms with van der Waals surface area (Å²) in [5.74, 6) is -0.884. The third-order valence-corrected chi connectivity index (χ3v) is 9.62. The highest BCUT2D eigenvalue weighted by molar-refractivity contribution is 7.13. The minimum Gasteiger partial charge on any atom is -0.510 e. The van der Waals surface area contributed by atoms with Crippen LogP contribution in [0, 0.1) is 11.2 Å². The van der Waals surface area contributed by atoms with Crippen molar-refractivity contribution in [2.24, 2.45) is 5.41 Å². The van der Waals surface area contributed by atoms with Crippen LogP contribution < -0.4 is 10.1 Å². The molecule has 2 N–H and O–H groups in total. The van der Waals surface area contributed by atoms with E-state index < -0.39 is 17.8 Å². The number of thiazole rings is 1. The summed E-state index contributed by atoms with van der Waals surface area (Å²) in [6.07, 6.45) is 3.40. The molecule has 7 rings (SSSR count). The first-order chi connectivity index (χ1) is 22.7. The van der Waals surface area contributed by atoms with E-state index in [1.54, 1.807) is 17.5 Å². The van der Waals surface area contributed by atoms with Crippen LogP contribution in [0.25, 0.3) is 10.6 Å². The minimum atomic E-state index is -1.12. The Morgan fingerprint density at radius 1 is 1.09 bits per heavy atom. The van der Waals surface area contributed by atoms with Gasteiger partial charge in [0.05, 0.1) is 11.7 Å². The molecule has 0 saturated heterocycles. The van der Waals surface area contributed by atoms with Gasteiger partial charge in [-0.2, -0.15) is 0 Å². The lowest BCUT2D eigenvalue weighted by atomic mass is 9.73. The van der Waals surface area contributed by atoms with Crippen molar-refractivity contribution >= 4 is 23.0 Å². The van der Waals surface area contributed by atoms with Crippen LogP contribution in [0.15, 0.2) is 119 Å². The predicted octanol–water partition coefficient (Wildman–Crippen LogP) is 8.41. The van der Waals surface area contributed by atoms with Crippen molar-refractivity contribution in [2.45, 2.75) is 52.2 Å². The van der Waals surface area contributed by atoms with Gasteiger partial charge < -0.3 is 15.2 Å². The van der Waals surface area contributed by atoms with Crippen LogP contribution >= 0.6 is 11.3 Å². The normalized spacial score (nSPS) is 19.0. The summed E-state index contributed by atoms with van der Waals surface area (Å²) in [5.41, 5.74) is 3.38. The number of aliphatic hydroxyl groups is 1. The number of nitrogens with zero attached hydrogens (tertiary/aromatic N) is 2. The van der Waals surface area contributed by atoms with Crippen LogP contribution in [0.3, 0.4) is 0 Å². The number of fused-ring (bicyclic) bond motifs is 1. The van der Waals surface area contributed by atoms with E-state index in [4.69, 9.17) is 9.72 Å². The Hall–Kier alpha value is -5.02. The van der Waals surface area contributed by atoms with Gasteiger partial charge >= 0.3 is 0 Å². The summed E-state index contributed by atoms with van der Waals surface area (Å²) >= 11 is 1.33. The lowest BCUT2D eigenvalue weighted by Crippen LogP contribution is -2.39. The summed E-state index contributed by atoms with van der Waals surface area (Å²) < 4.78 is 22.3. The van der Waals surface area contributed by atoms with Gasteiger partial charge in [0.25, 0.3) is 5.91 Å². The molecule has 1 atom stereocenters. The molecule has 1 aromatic heterocycles. The molecule has 3 aromatic carbocycles. The lowest BCUT2D eigenvalue weighted by Gasteiger charge is -2.37. The number of halogens is 1. The van der Waals surface area contributed by atoms with Crippen molar-refractivity contribution in [1.29, 1.82) is 0 Å². The van der Waals surface area contributed by atoms with Gasteiger partial charge in [-0.25, -0.2) is 9.37 Å². The fourth-order valence-corrected chi connectivity index (χ4v) is 7.35.